The van der Waals surface area contributed by atoms with Crippen molar-refractivity contribution < 1.29 is 13.6 Å². The van der Waals surface area contributed by atoms with Crippen LogP contribution in [0.2, 0.25) is 0 Å². The number of allylic oxidation sites excluding steroid dienone is 1. The Bertz CT molecular complexity index is 989. The van der Waals surface area contributed by atoms with E-state index >= 15 is 0 Å². The number of hydrogen-bond acceptors (Lipinski definition) is 5. The van der Waals surface area contributed by atoms with E-state index in [1.165, 1.54) is 0 Å². The second kappa shape index (κ2) is 9.07. The van der Waals surface area contributed by atoms with Crippen LogP contribution in [0.1, 0.15) is 0 Å². The van der Waals surface area contributed by atoms with E-state index in [4.69, 9.17) is 0 Å². The van der Waals surface area contributed by atoms with E-state index in [1.807, 2.05) is 4.57 Å². The number of nitrogens with one attached hydrogen (secondary N) is 1. The third kappa shape index (κ3) is 4.63. The summed E-state index contributed by atoms with van der Waals surface area (Å²) in [5.74, 6) is -1.47. The lowest BCUT2D eigenvalue weighted by Crippen LogP contribution is -2.16. The summed E-state index contributed by atoms with van der Waals surface area (Å²) in [6.45, 7) is 4.19. The highest BCUT2D eigenvalue weighted by molar-refractivity contribution is 9.10. The zero-order valence-corrected chi connectivity index (χ0v) is 16.8. The van der Waals surface area contributed by atoms with E-state index in [0.717, 1.165) is 23.4 Å². The molecule has 0 atom stereocenters. The van der Waals surface area contributed by atoms with Gasteiger partial charge in [0, 0.05) is 35.0 Å². The molecule has 1 aromatic carbocycles. The van der Waals surface area contributed by atoms with Gasteiger partial charge in [-0.05, 0) is 34.1 Å². The molecule has 3 rings (SSSR count). The SMILES string of the molecule is C=CCn1c(SCC(=O)Nc2c(F)cc(F)cc2Br)nnc1-c1ccncc1. The summed E-state index contributed by atoms with van der Waals surface area (Å²) in [6.07, 6.45) is 5.00. The smallest absolute Gasteiger partial charge is 0.234 e. The Morgan fingerprint density at radius 3 is 2.71 bits per heavy atom. The molecule has 0 aliphatic carbocycles. The quantitative estimate of drug-likeness (QED) is 0.416. The Labute approximate surface area is 172 Å². The van der Waals surface area contributed by atoms with Crippen molar-refractivity contribution in [2.45, 2.75) is 11.7 Å². The van der Waals surface area contributed by atoms with E-state index in [0.29, 0.717) is 23.6 Å². The van der Waals surface area contributed by atoms with Crippen molar-refractivity contribution in [3.05, 3.63) is 65.4 Å². The fourth-order valence-corrected chi connectivity index (χ4v) is 3.63. The predicted octanol–water partition coefficient (Wildman–Crippen LogP) is 4.30. The summed E-state index contributed by atoms with van der Waals surface area (Å²) in [6, 6.07) is 5.39. The fraction of sp³-hybridized carbons (Fsp3) is 0.111. The molecule has 0 spiro atoms. The van der Waals surface area contributed by atoms with Crippen LogP contribution in [0.15, 0.2) is 58.9 Å². The van der Waals surface area contributed by atoms with Crippen molar-refractivity contribution in [2.75, 3.05) is 11.1 Å². The van der Waals surface area contributed by atoms with Crippen LogP contribution >= 0.6 is 27.7 Å². The van der Waals surface area contributed by atoms with Crippen LogP contribution in [0.5, 0.6) is 0 Å². The number of aromatic nitrogens is 4. The maximum Gasteiger partial charge on any atom is 0.234 e. The van der Waals surface area contributed by atoms with Gasteiger partial charge in [0.1, 0.15) is 5.82 Å². The number of benzene rings is 1. The van der Waals surface area contributed by atoms with Crippen LogP contribution in [0, 0.1) is 11.6 Å². The highest BCUT2D eigenvalue weighted by Crippen LogP contribution is 2.28. The van der Waals surface area contributed by atoms with Crippen LogP contribution in [0.25, 0.3) is 11.4 Å². The minimum absolute atomic E-state index is 0.0329. The van der Waals surface area contributed by atoms with Crippen LogP contribution < -0.4 is 5.32 Å². The highest BCUT2D eigenvalue weighted by Gasteiger charge is 2.17. The molecule has 0 aliphatic rings. The molecule has 144 valence electrons. The monoisotopic (exact) mass is 465 g/mol. The van der Waals surface area contributed by atoms with Crippen LogP contribution in [0.3, 0.4) is 0 Å². The number of hydrogen-bond donors (Lipinski definition) is 1. The molecule has 6 nitrogen and oxygen atoms in total. The molecule has 0 unspecified atom stereocenters. The first-order valence-electron chi connectivity index (χ1n) is 8.01. The molecule has 0 radical (unpaired) electrons. The van der Waals surface area contributed by atoms with Gasteiger partial charge in [0.15, 0.2) is 16.8 Å². The van der Waals surface area contributed by atoms with Gasteiger partial charge in [0.05, 0.1) is 11.4 Å². The molecule has 0 fully saturated rings. The molecule has 2 heterocycles. The van der Waals surface area contributed by atoms with Gasteiger partial charge in [-0.25, -0.2) is 8.78 Å². The van der Waals surface area contributed by atoms with Crippen molar-refractivity contribution in [3.8, 4) is 11.4 Å². The fourth-order valence-electron chi connectivity index (χ4n) is 2.37. The second-order valence-corrected chi connectivity index (χ2v) is 7.32. The number of carbonyl (C=O) groups excluding carboxylic acids is 1. The minimum Gasteiger partial charge on any atom is -0.322 e. The zero-order valence-electron chi connectivity index (χ0n) is 14.4. The molecule has 1 amide bonds. The summed E-state index contributed by atoms with van der Waals surface area (Å²) >= 11 is 4.19. The van der Waals surface area contributed by atoms with E-state index < -0.39 is 17.5 Å². The largest absolute Gasteiger partial charge is 0.322 e. The molecule has 28 heavy (non-hydrogen) atoms. The highest BCUT2D eigenvalue weighted by atomic mass is 79.9. The Kier molecular flexibility index (Phi) is 6.53. The Balaban J connectivity index is 1.73. The molecule has 10 heteroatoms. The number of thioether (sulfide) groups is 1. The molecular formula is C18H14BrF2N5OS. The number of rotatable bonds is 7. The molecule has 0 saturated carbocycles. The number of halogens is 3. The minimum atomic E-state index is -0.861. The third-order valence-electron chi connectivity index (χ3n) is 3.57. The van der Waals surface area contributed by atoms with E-state index in [2.05, 4.69) is 43.0 Å². The number of carbonyl (C=O) groups is 1. The lowest BCUT2D eigenvalue weighted by Gasteiger charge is -2.10. The normalized spacial score (nSPS) is 10.7. The summed E-state index contributed by atoms with van der Waals surface area (Å²) in [5, 5.41) is 11.3. The zero-order chi connectivity index (χ0) is 20.1. The van der Waals surface area contributed by atoms with Gasteiger partial charge in [0.2, 0.25) is 5.91 Å². The van der Waals surface area contributed by atoms with Crippen molar-refractivity contribution in [1.82, 2.24) is 19.7 Å². The van der Waals surface area contributed by atoms with Gasteiger partial charge in [-0.1, -0.05) is 17.8 Å². The van der Waals surface area contributed by atoms with Crippen molar-refractivity contribution in [2.24, 2.45) is 0 Å². The average molecular weight is 466 g/mol. The van der Waals surface area contributed by atoms with Crippen molar-refractivity contribution >= 4 is 39.3 Å². The van der Waals surface area contributed by atoms with E-state index in [-0.39, 0.29) is 15.9 Å². The van der Waals surface area contributed by atoms with Crippen LogP contribution in [0.4, 0.5) is 14.5 Å². The molecule has 1 N–H and O–H groups in total. The number of amides is 1. The molecule has 0 aliphatic heterocycles. The third-order valence-corrected chi connectivity index (χ3v) is 5.16. The van der Waals surface area contributed by atoms with E-state index in [9.17, 15) is 13.6 Å². The average Bonchev–Trinajstić information content (AvgIpc) is 3.07. The molecular weight excluding hydrogens is 452 g/mol. The van der Waals surface area contributed by atoms with Crippen LogP contribution in [-0.2, 0) is 11.3 Å². The summed E-state index contributed by atoms with van der Waals surface area (Å²) in [7, 11) is 0. The first-order valence-corrected chi connectivity index (χ1v) is 9.79. The van der Waals surface area contributed by atoms with Gasteiger partial charge in [-0.2, -0.15) is 0 Å². The van der Waals surface area contributed by atoms with Gasteiger partial charge in [-0.3, -0.25) is 14.3 Å². The summed E-state index contributed by atoms with van der Waals surface area (Å²) in [5.41, 5.74) is 0.718. The molecule has 2 aromatic heterocycles. The van der Waals surface area contributed by atoms with Gasteiger partial charge in [-0.15, -0.1) is 16.8 Å². The Morgan fingerprint density at radius 1 is 1.29 bits per heavy atom. The van der Waals surface area contributed by atoms with Crippen molar-refractivity contribution in [1.29, 1.82) is 0 Å². The maximum atomic E-state index is 13.9. The molecule has 0 saturated heterocycles. The maximum absolute atomic E-state index is 13.9. The topological polar surface area (TPSA) is 72.7 Å². The molecule has 3 aromatic rings. The predicted molar refractivity (Wildman–Crippen MR) is 107 cm³/mol. The van der Waals surface area contributed by atoms with E-state index in [1.54, 1.807) is 30.6 Å². The number of nitrogens with zero attached hydrogens (tertiary/aromatic N) is 4. The van der Waals surface area contributed by atoms with Gasteiger partial charge < -0.3 is 5.32 Å². The second-order valence-electron chi connectivity index (χ2n) is 5.52. The lowest BCUT2D eigenvalue weighted by molar-refractivity contribution is -0.113. The standard InChI is InChI=1S/C18H14BrF2N5OS/c1-2-7-26-17(11-3-5-22-6-4-11)24-25-18(26)28-10-15(27)23-16-13(19)8-12(20)9-14(16)21/h2-6,8-9H,1,7,10H2,(H,23,27). The summed E-state index contributed by atoms with van der Waals surface area (Å²) < 4.78 is 29.0. The van der Waals surface area contributed by atoms with Crippen LogP contribution in [-0.4, -0.2) is 31.4 Å². The Hall–Kier alpha value is -2.59. The van der Waals surface area contributed by atoms with Crippen molar-refractivity contribution in [3.63, 3.8) is 0 Å². The molecule has 0 bridgehead atoms. The number of pyridine rings is 1. The Morgan fingerprint density at radius 2 is 2.04 bits per heavy atom. The first-order chi connectivity index (χ1) is 13.5. The lowest BCUT2D eigenvalue weighted by atomic mass is 10.2. The van der Waals surface area contributed by atoms with Gasteiger partial charge in [0.25, 0.3) is 0 Å². The van der Waals surface area contributed by atoms with Gasteiger partial charge >= 0.3 is 0 Å². The summed E-state index contributed by atoms with van der Waals surface area (Å²) in [4.78, 5) is 16.2. The first kappa shape index (κ1) is 20.2. The number of anilines is 1.